The van der Waals surface area contributed by atoms with Gasteiger partial charge in [-0.25, -0.2) is 13.9 Å². The number of ether oxygens (including phenoxy) is 2. The lowest BCUT2D eigenvalue weighted by Crippen LogP contribution is -2.55. The zero-order valence-corrected chi connectivity index (χ0v) is 23.6. The van der Waals surface area contributed by atoms with Crippen LogP contribution in [0.5, 0.6) is 0 Å². The number of hydrogen-bond donors (Lipinski definition) is 1. The van der Waals surface area contributed by atoms with Crippen LogP contribution in [0.15, 0.2) is 30.6 Å². The summed E-state index contributed by atoms with van der Waals surface area (Å²) in [6.45, 7) is 6.42. The number of halogens is 1. The summed E-state index contributed by atoms with van der Waals surface area (Å²) in [4.78, 5) is 40.5. The second kappa shape index (κ2) is 11.6. The lowest BCUT2D eigenvalue weighted by molar-refractivity contribution is -0.128. The van der Waals surface area contributed by atoms with Crippen LogP contribution in [0.3, 0.4) is 0 Å². The summed E-state index contributed by atoms with van der Waals surface area (Å²) in [6, 6.07) is 4.91. The lowest BCUT2D eigenvalue weighted by atomic mass is 9.97. The van der Waals surface area contributed by atoms with Gasteiger partial charge in [-0.1, -0.05) is 12.1 Å². The van der Waals surface area contributed by atoms with Crippen LogP contribution in [0.1, 0.15) is 63.2 Å². The number of aromatic nitrogens is 2. The first-order valence-electron chi connectivity index (χ1n) is 14.2. The van der Waals surface area contributed by atoms with E-state index in [0.29, 0.717) is 37.2 Å². The molecule has 5 rings (SSSR count). The molecule has 1 aliphatic carbocycles. The van der Waals surface area contributed by atoms with Gasteiger partial charge in [0.05, 0.1) is 12.3 Å². The summed E-state index contributed by atoms with van der Waals surface area (Å²) in [5, 5.41) is 16.7. The highest BCUT2D eigenvalue weighted by molar-refractivity contribution is 5.87. The molecule has 2 aliphatic heterocycles. The van der Waals surface area contributed by atoms with Gasteiger partial charge in [0.2, 0.25) is 11.8 Å². The minimum atomic E-state index is -0.984. The number of rotatable bonds is 6. The number of piperidine rings is 1. The quantitative estimate of drug-likeness (QED) is 0.559. The van der Waals surface area contributed by atoms with Crippen molar-refractivity contribution in [1.82, 2.24) is 20.0 Å². The van der Waals surface area contributed by atoms with Crippen LogP contribution in [0.4, 0.5) is 9.18 Å². The Balaban J connectivity index is 1.24. The normalized spacial score (nSPS) is 23.2. The molecule has 2 bridgehead atoms. The Labute approximate surface area is 238 Å². The molecule has 1 saturated carbocycles. The van der Waals surface area contributed by atoms with E-state index in [1.54, 1.807) is 39.1 Å². The summed E-state index contributed by atoms with van der Waals surface area (Å²) in [5.41, 5.74) is 0.713. The van der Waals surface area contributed by atoms with E-state index in [0.717, 1.165) is 19.3 Å². The zero-order valence-electron chi connectivity index (χ0n) is 23.6. The largest absolute Gasteiger partial charge is 0.444 e. The molecule has 2 amide bonds. The molecule has 4 unspecified atom stereocenters. The minimum absolute atomic E-state index is 0.00197. The Morgan fingerprint density at radius 1 is 1.20 bits per heavy atom. The number of fused-ring (bicyclic) bond motifs is 2. The van der Waals surface area contributed by atoms with Crippen molar-refractivity contribution in [3.8, 4) is 17.2 Å². The van der Waals surface area contributed by atoms with Gasteiger partial charge in [-0.2, -0.15) is 10.4 Å². The number of carbonyl (C=O) groups excluding carboxylic acids is 3. The summed E-state index contributed by atoms with van der Waals surface area (Å²) in [6.07, 6.45) is 6.21. The van der Waals surface area contributed by atoms with Crippen LogP contribution >= 0.6 is 0 Å². The third kappa shape index (κ3) is 6.27. The third-order valence-corrected chi connectivity index (χ3v) is 8.12. The van der Waals surface area contributed by atoms with Gasteiger partial charge < -0.3 is 14.8 Å². The Hall–Kier alpha value is -3.78. The number of nitrogens with one attached hydrogen (secondary N) is 1. The number of nitriles is 1. The predicted octanol–water partition coefficient (Wildman–Crippen LogP) is 4.09. The molecule has 11 heteroatoms. The second-order valence-electron chi connectivity index (χ2n) is 12.2. The maximum absolute atomic E-state index is 15.2. The van der Waals surface area contributed by atoms with Crippen LogP contribution in [0.2, 0.25) is 0 Å². The van der Waals surface area contributed by atoms with E-state index in [9.17, 15) is 19.6 Å². The highest BCUT2D eigenvalue weighted by atomic mass is 19.1. The van der Waals surface area contributed by atoms with Crippen molar-refractivity contribution in [3.63, 3.8) is 0 Å². The summed E-state index contributed by atoms with van der Waals surface area (Å²) < 4.78 is 27.3. The fraction of sp³-hybridized carbons (Fsp3) is 0.567. The van der Waals surface area contributed by atoms with Gasteiger partial charge in [0.25, 0.3) is 0 Å². The van der Waals surface area contributed by atoms with Crippen molar-refractivity contribution >= 4 is 17.9 Å². The molecule has 1 aromatic heterocycles. The number of nitrogens with zero attached hydrogens (tertiary/aromatic N) is 4. The van der Waals surface area contributed by atoms with Gasteiger partial charge in [0.15, 0.2) is 0 Å². The third-order valence-electron chi connectivity index (χ3n) is 8.12. The first kappa shape index (κ1) is 28.7. The van der Waals surface area contributed by atoms with Gasteiger partial charge in [-0.15, -0.1) is 0 Å². The topological polar surface area (TPSA) is 127 Å². The molecule has 3 heterocycles. The zero-order chi connectivity index (χ0) is 29.3. The average molecular weight is 566 g/mol. The molecule has 4 atom stereocenters. The molecule has 0 spiro atoms. The lowest BCUT2D eigenvalue weighted by Gasteiger charge is -2.35. The van der Waals surface area contributed by atoms with E-state index >= 15 is 4.39 Å². The van der Waals surface area contributed by atoms with Crippen molar-refractivity contribution in [3.05, 3.63) is 42.0 Å². The fourth-order valence-corrected chi connectivity index (χ4v) is 6.13. The van der Waals surface area contributed by atoms with Crippen molar-refractivity contribution in [2.45, 2.75) is 83.0 Å². The molecule has 41 heavy (non-hydrogen) atoms. The standard InChI is InChI=1S/C30H36FN5O5/c1-30(2,3)41-29(39)36-24-7-6-21(13-24)26(36)27(37)34-23(15-32)12-20-5-4-19(14-25(20)31)22-16-33-35(17-22)28(38)18-8-10-40-11-9-18/h4-5,14,16-18,21,23-24,26H,6-13H2,1-3H3,(H,34,37). The SMILES string of the molecule is CC(C)(C)OC(=O)N1C2CCC(C2)C1C(=O)NC(C#N)Cc1ccc(-c2cnn(C(=O)C3CCOCC3)c2)cc1F. The number of hydrogen-bond acceptors (Lipinski definition) is 7. The van der Waals surface area contributed by atoms with E-state index in [1.807, 2.05) is 0 Å². The van der Waals surface area contributed by atoms with Crippen LogP contribution < -0.4 is 5.32 Å². The van der Waals surface area contributed by atoms with Gasteiger partial charge in [-0.3, -0.25) is 14.5 Å². The van der Waals surface area contributed by atoms with Crippen molar-refractivity contribution in [2.24, 2.45) is 11.8 Å². The molecule has 1 aromatic carbocycles. The van der Waals surface area contributed by atoms with E-state index in [-0.39, 0.29) is 35.8 Å². The molecule has 10 nitrogen and oxygen atoms in total. The maximum atomic E-state index is 15.2. The monoisotopic (exact) mass is 565 g/mol. The van der Waals surface area contributed by atoms with Crippen molar-refractivity contribution in [2.75, 3.05) is 13.2 Å². The molecular formula is C30H36FN5O5. The summed E-state index contributed by atoms with van der Waals surface area (Å²) >= 11 is 0. The van der Waals surface area contributed by atoms with E-state index < -0.39 is 35.5 Å². The molecule has 218 valence electrons. The Morgan fingerprint density at radius 3 is 2.63 bits per heavy atom. The van der Waals surface area contributed by atoms with E-state index in [2.05, 4.69) is 16.5 Å². The van der Waals surface area contributed by atoms with Crippen LogP contribution in [0.25, 0.3) is 11.1 Å². The Morgan fingerprint density at radius 2 is 1.95 bits per heavy atom. The molecule has 2 saturated heterocycles. The molecular weight excluding hydrogens is 529 g/mol. The number of amides is 2. The molecule has 3 aliphatic rings. The Kier molecular flexibility index (Phi) is 8.13. The first-order chi connectivity index (χ1) is 19.5. The summed E-state index contributed by atoms with van der Waals surface area (Å²) in [7, 11) is 0. The first-order valence-corrected chi connectivity index (χ1v) is 14.2. The van der Waals surface area contributed by atoms with Gasteiger partial charge in [0, 0.05) is 43.4 Å². The van der Waals surface area contributed by atoms with E-state index in [4.69, 9.17) is 9.47 Å². The second-order valence-corrected chi connectivity index (χ2v) is 12.2. The highest BCUT2D eigenvalue weighted by Crippen LogP contribution is 2.43. The number of likely N-dealkylation sites (tertiary alicyclic amines) is 1. The van der Waals surface area contributed by atoms with Crippen LogP contribution in [0, 0.1) is 29.0 Å². The van der Waals surface area contributed by atoms with Gasteiger partial charge >= 0.3 is 6.09 Å². The Bertz CT molecular complexity index is 1360. The van der Waals surface area contributed by atoms with Crippen molar-refractivity contribution in [1.29, 1.82) is 5.26 Å². The maximum Gasteiger partial charge on any atom is 0.411 e. The summed E-state index contributed by atoms with van der Waals surface area (Å²) in [5.74, 6) is -1.21. The molecule has 3 fully saturated rings. The smallest absolute Gasteiger partial charge is 0.411 e. The minimum Gasteiger partial charge on any atom is -0.444 e. The van der Waals surface area contributed by atoms with Gasteiger partial charge in [-0.05, 0) is 76.0 Å². The average Bonchev–Trinajstić information content (AvgIpc) is 3.69. The van der Waals surface area contributed by atoms with Crippen molar-refractivity contribution < 1.29 is 28.2 Å². The van der Waals surface area contributed by atoms with Crippen LogP contribution in [-0.2, 0) is 20.7 Å². The number of carbonyl (C=O) groups is 3. The van der Waals surface area contributed by atoms with Crippen LogP contribution in [-0.4, -0.2) is 69.5 Å². The fourth-order valence-electron chi connectivity index (χ4n) is 6.13. The molecule has 0 radical (unpaired) electrons. The number of benzene rings is 1. The van der Waals surface area contributed by atoms with E-state index in [1.165, 1.54) is 21.8 Å². The predicted molar refractivity (Wildman–Crippen MR) is 146 cm³/mol. The molecule has 1 N–H and O–H groups in total. The molecule has 2 aromatic rings. The van der Waals surface area contributed by atoms with Gasteiger partial charge in [0.1, 0.15) is 23.5 Å². The highest BCUT2D eigenvalue weighted by Gasteiger charge is 2.52.